The van der Waals surface area contributed by atoms with Crippen LogP contribution in [0.15, 0.2) is 75.8 Å². The summed E-state index contributed by atoms with van der Waals surface area (Å²) in [4.78, 5) is 211. The van der Waals surface area contributed by atoms with Gasteiger partial charge in [-0.05, 0) is 125 Å². The molecule has 0 aliphatic carbocycles. The Morgan fingerprint density at radius 1 is 0.443 bits per heavy atom. The molecule has 0 radical (unpaired) electrons. The van der Waals surface area contributed by atoms with Crippen molar-refractivity contribution in [3.05, 3.63) is 71.9 Å². The summed E-state index contributed by atoms with van der Waals surface area (Å²) in [6, 6.07) is -1.79. The SMILES string of the molecule is CCCC[C@H](NC(=O)[C@H](CCCN=C(N)N)NC(=O)[C@H](CCC(N)=O)NC(=O)[C@H](Cc1c[nH]c2ccccc12)NC(=O)[C@H](CCC(N)=O)NC(=O)[C@H](Cc1ccccc1)NC(=O)[C@@H](N)CS)C(=O)N[C@@H](CCSC)C(=O)N[C@@H](CCCN=C(N)N)C(=O)N[C@@H](CCCCN)C(=O)N[C@H](C(=O)N[C@@H](CCCN=C(N)N)C(=O)O)C(C)C. The molecule has 115 heavy (non-hydrogen) atoms. The van der Waals surface area contributed by atoms with Crippen LogP contribution in [0.3, 0.4) is 0 Å². The smallest absolute Gasteiger partial charge is 0.326 e. The van der Waals surface area contributed by atoms with Crippen LogP contribution >= 0.6 is 24.4 Å². The van der Waals surface area contributed by atoms with E-state index in [-0.39, 0.29) is 126 Å². The summed E-state index contributed by atoms with van der Waals surface area (Å²) in [5.41, 5.74) is 58.0. The number of carboxylic acid groups (broad SMARTS) is 1. The van der Waals surface area contributed by atoms with E-state index >= 15 is 4.79 Å². The fourth-order valence-electron chi connectivity index (χ4n) is 11.7. The van der Waals surface area contributed by atoms with Gasteiger partial charge in [0.1, 0.15) is 66.5 Å². The molecule has 0 aliphatic heterocycles. The number of carbonyl (C=O) groups excluding carboxylic acids is 13. The summed E-state index contributed by atoms with van der Waals surface area (Å²) in [5.74, 6) is -14.3. The molecule has 0 unspecified atom stereocenters. The number of primary amides is 2. The van der Waals surface area contributed by atoms with Crippen molar-refractivity contribution in [2.75, 3.05) is 43.9 Å². The first kappa shape index (κ1) is 98.2. The molecule has 1 aromatic heterocycles. The standard InChI is InChI=1S/C73H119N25O15S2/c1-5-6-20-46(60(102)94-52(30-35-115-4)65(107)91-49(24-15-33-85-72(80)81)62(104)89-47(22-12-13-31-74)66(108)98-58(40(2)3)69(111)95-53(70(112)113)25-16-34-86-73(82)83)88-61(103)48(23-14-32-84-71(78)79)90-63(105)50(26-28-56(76)99)93-68(110)55(37-42-38-87-45-21-11-10-19-43(42)45)97-64(106)51(27-29-57(77)100)92-67(109)54(96-59(101)44(75)39-114)36-41-17-8-7-9-18-41/h7-11,17-19,21,38,40,44,46-55,58,87,114H,5-6,12-16,20,22-37,39,74-75H2,1-4H3,(H2,76,99)(H2,77,100)(H,88,103)(H,89,104)(H,90,105)(H,91,107)(H,92,109)(H,93,110)(H,94,102)(H,95,111)(H,96,101)(H,97,106)(H,98,108)(H,112,113)(H4,78,79,84)(H4,80,81,85)(H4,82,83,86)/t44-,46-,47-,48-,49-,50-,51-,52-,53-,54-,55-,58-/m0/s1. The number of para-hydroxylation sites is 1. The van der Waals surface area contributed by atoms with Gasteiger partial charge in [0.05, 0.1) is 6.04 Å². The Hall–Kier alpha value is -11.0. The number of amides is 13. The van der Waals surface area contributed by atoms with Crippen molar-refractivity contribution in [2.24, 2.45) is 78.2 Å². The number of fused-ring (bicyclic) bond motifs is 1. The number of hydrogen-bond donors (Lipinski definition) is 24. The molecule has 0 saturated carbocycles. The number of H-pyrrole nitrogens is 1. The zero-order valence-corrected chi connectivity index (χ0v) is 67.3. The third kappa shape index (κ3) is 37.7. The molecule has 40 nitrogen and oxygen atoms in total. The van der Waals surface area contributed by atoms with Gasteiger partial charge in [0.2, 0.25) is 76.8 Å². The zero-order valence-electron chi connectivity index (χ0n) is 65.6. The van der Waals surface area contributed by atoms with Crippen molar-refractivity contribution in [1.29, 1.82) is 0 Å². The van der Waals surface area contributed by atoms with Crippen molar-refractivity contribution in [3.63, 3.8) is 0 Å². The number of nitrogens with zero attached hydrogens (tertiary/aromatic N) is 3. The third-order valence-electron chi connectivity index (χ3n) is 18.1. The summed E-state index contributed by atoms with van der Waals surface area (Å²) in [6.45, 7) is 5.24. The van der Waals surface area contributed by atoms with Gasteiger partial charge in [0, 0.05) is 68.2 Å². The molecule has 33 N–H and O–H groups in total. The average molecular weight is 1650 g/mol. The Morgan fingerprint density at radius 2 is 0.809 bits per heavy atom. The molecule has 0 spiro atoms. The van der Waals surface area contributed by atoms with E-state index in [2.05, 4.69) is 91.1 Å². The van der Waals surface area contributed by atoms with Crippen LogP contribution in [-0.4, -0.2) is 227 Å². The molecule has 12 atom stereocenters. The van der Waals surface area contributed by atoms with Crippen LogP contribution in [-0.2, 0) is 80.0 Å². The summed E-state index contributed by atoms with van der Waals surface area (Å²) in [5, 5.41) is 39.6. The van der Waals surface area contributed by atoms with Crippen LogP contribution in [0, 0.1) is 5.92 Å². The van der Waals surface area contributed by atoms with Gasteiger partial charge in [-0.15, -0.1) is 0 Å². The predicted molar refractivity (Wildman–Crippen MR) is 440 cm³/mol. The first-order chi connectivity index (χ1) is 54.6. The fraction of sp³-hybridized carbons (Fsp3) is 0.575. The van der Waals surface area contributed by atoms with Gasteiger partial charge in [-0.25, -0.2) is 4.79 Å². The third-order valence-corrected chi connectivity index (χ3v) is 19.1. The molecule has 13 amide bonds. The number of rotatable bonds is 57. The van der Waals surface area contributed by atoms with E-state index in [1.807, 2.05) is 6.92 Å². The quantitative estimate of drug-likeness (QED) is 0.0109. The van der Waals surface area contributed by atoms with E-state index in [4.69, 9.17) is 57.3 Å². The number of hydrogen-bond acceptors (Lipinski definition) is 21. The number of nitrogens with one attached hydrogen (secondary N) is 12. The lowest BCUT2D eigenvalue weighted by Gasteiger charge is -2.29. The minimum absolute atomic E-state index is 0.0112. The average Bonchev–Trinajstić information content (AvgIpc) is 1.58. The number of aromatic amines is 1. The second-order valence-electron chi connectivity index (χ2n) is 27.8. The molecule has 0 aliphatic rings. The van der Waals surface area contributed by atoms with Crippen LogP contribution in [0.25, 0.3) is 10.9 Å². The Bertz CT molecular complexity index is 3780. The first-order valence-corrected chi connectivity index (χ1v) is 40.1. The second-order valence-corrected chi connectivity index (χ2v) is 29.1. The lowest BCUT2D eigenvalue weighted by Crippen LogP contribution is -2.61. The maximum atomic E-state index is 15.1. The predicted octanol–water partition coefficient (Wildman–Crippen LogP) is -4.95. The monoisotopic (exact) mass is 1650 g/mol. The van der Waals surface area contributed by atoms with Gasteiger partial charge in [0.25, 0.3) is 0 Å². The Kier molecular flexibility index (Phi) is 45.4. The van der Waals surface area contributed by atoms with Crippen LogP contribution in [0.1, 0.15) is 141 Å². The van der Waals surface area contributed by atoms with Crippen molar-refractivity contribution in [2.45, 2.75) is 215 Å². The lowest BCUT2D eigenvalue weighted by atomic mass is 10.0. The largest absolute Gasteiger partial charge is 0.480 e. The minimum Gasteiger partial charge on any atom is -0.480 e. The topological polar surface area (TPSA) is 705 Å². The molecule has 2 aromatic carbocycles. The number of unbranched alkanes of at least 4 members (excludes halogenated alkanes) is 2. The van der Waals surface area contributed by atoms with Crippen LogP contribution in [0.5, 0.6) is 0 Å². The zero-order chi connectivity index (χ0) is 85.7. The number of aliphatic carboxylic acids is 1. The number of aromatic nitrogens is 1. The molecule has 3 rings (SSSR count). The number of benzene rings is 2. The van der Waals surface area contributed by atoms with Crippen molar-refractivity contribution in [3.8, 4) is 0 Å². The Balaban J connectivity index is 2.07. The van der Waals surface area contributed by atoms with Crippen LogP contribution in [0.2, 0.25) is 0 Å². The number of carbonyl (C=O) groups is 14. The highest BCUT2D eigenvalue weighted by molar-refractivity contribution is 7.98. The molecule has 0 bridgehead atoms. The summed E-state index contributed by atoms with van der Waals surface area (Å²) >= 11 is 5.42. The minimum atomic E-state index is -1.71. The summed E-state index contributed by atoms with van der Waals surface area (Å²) in [7, 11) is 0. The number of nitrogens with two attached hydrogens (primary N) is 10. The van der Waals surface area contributed by atoms with Crippen molar-refractivity contribution < 1.29 is 72.2 Å². The van der Waals surface area contributed by atoms with Gasteiger partial charge < -0.3 is 126 Å². The number of guanidine groups is 3. The molecule has 1 heterocycles. The maximum absolute atomic E-state index is 15.1. The van der Waals surface area contributed by atoms with E-state index in [1.165, 1.54) is 11.8 Å². The van der Waals surface area contributed by atoms with Crippen LogP contribution < -0.4 is 116 Å². The molecule has 0 fully saturated rings. The fourth-order valence-corrected chi connectivity index (χ4v) is 12.4. The molecule has 3 aromatic rings. The number of carboxylic acids is 1. The van der Waals surface area contributed by atoms with E-state index in [1.54, 1.807) is 80.9 Å². The van der Waals surface area contributed by atoms with E-state index < -0.39 is 187 Å². The van der Waals surface area contributed by atoms with Gasteiger partial charge in [-0.2, -0.15) is 24.4 Å². The van der Waals surface area contributed by atoms with E-state index in [0.717, 1.165) is 0 Å². The van der Waals surface area contributed by atoms with E-state index in [9.17, 15) is 67.4 Å². The second kappa shape index (κ2) is 53.1. The molecular formula is C73H119N25O15S2. The van der Waals surface area contributed by atoms with E-state index in [0.29, 0.717) is 47.7 Å². The van der Waals surface area contributed by atoms with Gasteiger partial charge in [-0.1, -0.05) is 82.1 Å². The maximum Gasteiger partial charge on any atom is 0.326 e. The molecular weight excluding hydrogens is 1530 g/mol. The molecule has 0 saturated heterocycles. The first-order valence-electron chi connectivity index (χ1n) is 38.1. The highest BCUT2D eigenvalue weighted by Gasteiger charge is 2.38. The van der Waals surface area contributed by atoms with Gasteiger partial charge >= 0.3 is 5.97 Å². The Morgan fingerprint density at radius 3 is 1.22 bits per heavy atom. The normalized spacial score (nSPS) is 14.2. The highest BCUT2D eigenvalue weighted by atomic mass is 32.2. The number of aliphatic imine (C=N–C) groups is 3. The Labute approximate surface area is 677 Å². The lowest BCUT2D eigenvalue weighted by molar-refractivity contribution is -0.143. The summed E-state index contributed by atoms with van der Waals surface area (Å²) in [6.07, 6.45) is 2.37. The summed E-state index contributed by atoms with van der Waals surface area (Å²) < 4.78 is 0. The highest BCUT2D eigenvalue weighted by Crippen LogP contribution is 2.21. The molecule has 638 valence electrons. The number of thiol groups is 1. The number of thioether (sulfide) groups is 1. The van der Waals surface area contributed by atoms with Gasteiger partial charge in [0.15, 0.2) is 17.9 Å². The van der Waals surface area contributed by atoms with Crippen molar-refractivity contribution >= 4 is 136 Å². The van der Waals surface area contributed by atoms with Gasteiger partial charge in [-0.3, -0.25) is 77.3 Å². The van der Waals surface area contributed by atoms with Crippen LogP contribution in [0.4, 0.5) is 0 Å². The molecule has 42 heteroatoms. The van der Waals surface area contributed by atoms with Crippen molar-refractivity contribution in [1.82, 2.24) is 63.5 Å².